The number of nitrogens with two attached hydrogens (primary N) is 1. The summed E-state index contributed by atoms with van der Waals surface area (Å²) in [7, 11) is 0. The molecule has 4 aromatic rings. The number of ether oxygens (including phenoxy) is 1. The third-order valence-corrected chi connectivity index (χ3v) is 6.67. The van der Waals surface area contributed by atoms with Crippen molar-refractivity contribution >= 4 is 51.3 Å². The van der Waals surface area contributed by atoms with Crippen LogP contribution in [-0.2, 0) is 9.67 Å². The molecule has 0 saturated carbocycles. The first kappa shape index (κ1) is 22.9. The lowest BCUT2D eigenvalue weighted by atomic mass is 9.91. The van der Waals surface area contributed by atoms with Gasteiger partial charge in [-0.2, -0.15) is 0 Å². The molecule has 0 aliphatic heterocycles. The predicted molar refractivity (Wildman–Crippen MR) is 127 cm³/mol. The van der Waals surface area contributed by atoms with Crippen LogP contribution in [0.3, 0.4) is 0 Å². The summed E-state index contributed by atoms with van der Waals surface area (Å²) < 4.78 is 5.53. The van der Waals surface area contributed by atoms with E-state index in [2.05, 4.69) is 0 Å². The van der Waals surface area contributed by atoms with Crippen molar-refractivity contribution < 1.29 is 34.4 Å². The Morgan fingerprint density at radius 3 is 1.97 bits per heavy atom. The molecule has 0 aromatic heterocycles. The van der Waals surface area contributed by atoms with Crippen molar-refractivity contribution in [2.75, 3.05) is 0 Å². The third-order valence-electron chi connectivity index (χ3n) is 5.42. The van der Waals surface area contributed by atoms with Crippen molar-refractivity contribution in [1.29, 1.82) is 0 Å². The van der Waals surface area contributed by atoms with E-state index in [-0.39, 0.29) is 27.8 Å². The van der Waals surface area contributed by atoms with Crippen LogP contribution in [0.15, 0.2) is 71.6 Å². The summed E-state index contributed by atoms with van der Waals surface area (Å²) in [5.41, 5.74) is 4.95. The Kier molecular flexibility index (Phi) is 5.80. The van der Waals surface area contributed by atoms with Gasteiger partial charge in [-0.25, -0.2) is 14.4 Å². The van der Waals surface area contributed by atoms with Crippen molar-refractivity contribution in [3.8, 4) is 5.75 Å². The molecule has 0 heterocycles. The maximum absolute atomic E-state index is 12.3. The minimum Gasteiger partial charge on any atom is -0.507 e. The number of amides is 1. The van der Waals surface area contributed by atoms with Crippen LogP contribution in [0.25, 0.3) is 21.5 Å². The molecule has 0 saturated heterocycles. The fraction of sp³-hybridized carbons (Fsp3) is 0.0800. The first-order valence-corrected chi connectivity index (χ1v) is 10.8. The number of carbonyl (C=O) groups is 3. The van der Waals surface area contributed by atoms with E-state index in [9.17, 15) is 29.7 Å². The second kappa shape index (κ2) is 8.60. The Morgan fingerprint density at radius 2 is 1.38 bits per heavy atom. The lowest BCUT2D eigenvalue weighted by Crippen LogP contribution is -2.31. The number of hydrogen-bond donors (Lipinski definition) is 4. The molecule has 0 spiro atoms. The quantitative estimate of drug-likeness (QED) is 0.220. The van der Waals surface area contributed by atoms with Crippen LogP contribution < -0.4 is 5.73 Å². The number of phenolic OH excluding ortho intramolecular Hbond substituents is 1. The SMILES string of the molecule is CC(OC(N)=O)(Sc1ccc(O)c2ccccc12)c1c(C(=O)O)cc(C(=O)O)c2ccccc12. The van der Waals surface area contributed by atoms with Crippen LogP contribution in [0.4, 0.5) is 4.79 Å². The maximum atomic E-state index is 12.3. The smallest absolute Gasteiger partial charge is 0.406 e. The van der Waals surface area contributed by atoms with E-state index >= 15 is 0 Å². The molecule has 172 valence electrons. The predicted octanol–water partition coefficient (Wildman–Crippen LogP) is 5.16. The highest BCUT2D eigenvalue weighted by Gasteiger charge is 2.39. The Morgan fingerprint density at radius 1 is 0.824 bits per heavy atom. The van der Waals surface area contributed by atoms with Gasteiger partial charge in [0.2, 0.25) is 0 Å². The fourth-order valence-corrected chi connectivity index (χ4v) is 5.37. The summed E-state index contributed by atoms with van der Waals surface area (Å²) in [4.78, 5) is 35.1. The summed E-state index contributed by atoms with van der Waals surface area (Å²) in [6, 6.07) is 17.6. The van der Waals surface area contributed by atoms with Crippen LogP contribution in [0.5, 0.6) is 5.75 Å². The van der Waals surface area contributed by atoms with Gasteiger partial charge in [0.1, 0.15) is 5.75 Å². The molecule has 0 radical (unpaired) electrons. The number of rotatable bonds is 6. The number of carboxylic acid groups (broad SMARTS) is 2. The minimum absolute atomic E-state index is 0.0555. The highest BCUT2D eigenvalue weighted by atomic mass is 32.2. The van der Waals surface area contributed by atoms with Gasteiger partial charge in [-0.1, -0.05) is 60.3 Å². The highest BCUT2D eigenvalue weighted by Crippen LogP contribution is 2.49. The second-order valence-electron chi connectivity index (χ2n) is 7.60. The van der Waals surface area contributed by atoms with Gasteiger partial charge < -0.3 is 25.8 Å². The molecule has 4 rings (SSSR count). The van der Waals surface area contributed by atoms with Gasteiger partial charge >= 0.3 is 18.0 Å². The largest absolute Gasteiger partial charge is 0.507 e. The van der Waals surface area contributed by atoms with Gasteiger partial charge in [-0.05, 0) is 41.3 Å². The number of thioether (sulfide) groups is 1. The van der Waals surface area contributed by atoms with Crippen molar-refractivity contribution in [3.63, 3.8) is 0 Å². The maximum Gasteiger partial charge on any atom is 0.406 e. The van der Waals surface area contributed by atoms with Crippen LogP contribution in [-0.4, -0.2) is 33.4 Å². The zero-order chi connectivity index (χ0) is 24.6. The number of aromatic carboxylic acids is 2. The van der Waals surface area contributed by atoms with E-state index in [1.807, 2.05) is 0 Å². The van der Waals surface area contributed by atoms with Crippen molar-refractivity contribution in [3.05, 3.63) is 83.4 Å². The average molecular weight is 477 g/mol. The van der Waals surface area contributed by atoms with E-state index in [0.29, 0.717) is 21.1 Å². The summed E-state index contributed by atoms with van der Waals surface area (Å²) in [6.07, 6.45) is -1.14. The van der Waals surface area contributed by atoms with Gasteiger partial charge in [-0.3, -0.25) is 0 Å². The monoisotopic (exact) mass is 477 g/mol. The standard InChI is InChI=1S/C25H19NO7S/c1-25(33-24(26)32,34-20-11-10-19(27)14-7-3-4-8-15(14)20)21-16-9-5-2-6-13(16)17(22(28)29)12-18(21)23(30)31/h2-12,27H,1H3,(H2,26,32)(H,28,29)(H,30,31). The lowest BCUT2D eigenvalue weighted by Gasteiger charge is -2.31. The molecule has 4 aromatic carbocycles. The van der Waals surface area contributed by atoms with E-state index in [4.69, 9.17) is 10.5 Å². The Hall–Kier alpha value is -4.24. The molecular weight excluding hydrogens is 458 g/mol. The first-order valence-electron chi connectivity index (χ1n) is 10.0. The van der Waals surface area contributed by atoms with Crippen molar-refractivity contribution in [1.82, 2.24) is 0 Å². The van der Waals surface area contributed by atoms with E-state index in [0.717, 1.165) is 17.8 Å². The number of benzene rings is 4. The number of fused-ring (bicyclic) bond motifs is 2. The molecule has 34 heavy (non-hydrogen) atoms. The topological polar surface area (TPSA) is 147 Å². The molecule has 0 aliphatic carbocycles. The number of aromatic hydroxyl groups is 1. The Balaban J connectivity index is 2.05. The average Bonchev–Trinajstić information content (AvgIpc) is 2.79. The molecule has 1 amide bonds. The van der Waals surface area contributed by atoms with Crippen LogP contribution in [0.2, 0.25) is 0 Å². The highest BCUT2D eigenvalue weighted by molar-refractivity contribution is 8.00. The molecule has 0 fully saturated rings. The number of hydrogen-bond acceptors (Lipinski definition) is 6. The molecule has 1 atom stereocenters. The van der Waals surface area contributed by atoms with Crippen LogP contribution in [0.1, 0.15) is 33.2 Å². The van der Waals surface area contributed by atoms with Gasteiger partial charge in [0.15, 0.2) is 4.93 Å². The fourth-order valence-electron chi connectivity index (χ4n) is 4.08. The molecule has 8 nitrogen and oxygen atoms in total. The van der Waals surface area contributed by atoms with E-state index in [1.54, 1.807) is 54.6 Å². The van der Waals surface area contributed by atoms with E-state index < -0.39 is 23.0 Å². The Labute approximate surface area is 197 Å². The van der Waals surface area contributed by atoms with Gasteiger partial charge in [0, 0.05) is 15.8 Å². The zero-order valence-corrected chi connectivity index (χ0v) is 18.6. The summed E-state index contributed by atoms with van der Waals surface area (Å²) >= 11 is 1.03. The van der Waals surface area contributed by atoms with Gasteiger partial charge in [0.05, 0.1) is 11.1 Å². The van der Waals surface area contributed by atoms with E-state index in [1.165, 1.54) is 13.0 Å². The van der Waals surface area contributed by atoms with Gasteiger partial charge in [0.25, 0.3) is 0 Å². The molecule has 1 unspecified atom stereocenters. The molecule has 0 bridgehead atoms. The van der Waals surface area contributed by atoms with Crippen LogP contribution >= 0.6 is 11.8 Å². The second-order valence-corrected chi connectivity index (χ2v) is 9.02. The number of primary amides is 1. The number of carbonyl (C=O) groups excluding carboxylic acids is 1. The minimum atomic E-state index is -1.67. The third kappa shape index (κ3) is 3.97. The summed E-state index contributed by atoms with van der Waals surface area (Å²) in [5, 5.41) is 31.7. The zero-order valence-electron chi connectivity index (χ0n) is 17.8. The van der Waals surface area contributed by atoms with Crippen molar-refractivity contribution in [2.24, 2.45) is 5.73 Å². The lowest BCUT2D eigenvalue weighted by molar-refractivity contribution is 0.0674. The number of phenols is 1. The summed E-state index contributed by atoms with van der Waals surface area (Å²) in [6.45, 7) is 1.50. The normalized spacial score (nSPS) is 12.9. The first-order chi connectivity index (χ1) is 16.1. The molecular formula is C25H19NO7S. The van der Waals surface area contributed by atoms with Crippen molar-refractivity contribution in [2.45, 2.75) is 16.8 Å². The summed E-state index contributed by atoms with van der Waals surface area (Å²) in [5.74, 6) is -2.63. The molecule has 5 N–H and O–H groups in total. The molecule has 9 heteroatoms. The number of carboxylic acids is 2. The van der Waals surface area contributed by atoms with Crippen LogP contribution in [0, 0.1) is 0 Å². The Bertz CT molecular complexity index is 1480. The van der Waals surface area contributed by atoms with Gasteiger partial charge in [-0.15, -0.1) is 0 Å². The molecule has 0 aliphatic rings.